The molecule has 1 radical (unpaired) electrons. The minimum Gasteiger partial charge on any atom is -0.535 e. The fourth-order valence-corrected chi connectivity index (χ4v) is 15.1. The van der Waals surface area contributed by atoms with E-state index in [2.05, 4.69) is 168 Å². The molecule has 533 valence electrons. The van der Waals surface area contributed by atoms with Crippen LogP contribution in [0.25, 0.3) is 11.1 Å². The van der Waals surface area contributed by atoms with Gasteiger partial charge in [-0.15, -0.1) is 0 Å². The number of amides is 6. The van der Waals surface area contributed by atoms with Crippen LogP contribution in [-0.4, -0.2) is 127 Å². The van der Waals surface area contributed by atoms with Gasteiger partial charge in [-0.2, -0.15) is 5.26 Å². The SMILES string of the molecule is C.C.N#CBr.NC1(CO)Cc2ccc(Br)cc2C1.NC1=NC2(CO1)Cc1ccc(-c3cncnc3)cc1C2.NC1=NC2(CO1)Cc1ccc(Br)cc1C2.O=C1Cc2ccccc2C1.O=C1NC(=O)C2(Cc3ccc(Br)cc3C2)N1.O=C1NC(=O)C2(Cc3ccccc3C2)N1.O[B]Oc1cncnc1. The van der Waals surface area contributed by atoms with Crippen molar-refractivity contribution in [2.45, 2.75) is 120 Å². The first-order valence-electron chi connectivity index (χ1n) is 31.9. The van der Waals surface area contributed by atoms with Gasteiger partial charge in [0.1, 0.15) is 64.5 Å². The molecule has 10 aliphatic rings. The monoisotopic (exact) mass is 1650 g/mol. The predicted molar refractivity (Wildman–Crippen MR) is 404 cm³/mol. The van der Waals surface area contributed by atoms with Gasteiger partial charge in [-0.1, -0.05) is 148 Å². The van der Waals surface area contributed by atoms with E-state index in [0.717, 1.165) is 85.3 Å². The lowest BCUT2D eigenvalue weighted by Gasteiger charge is -2.19. The number of hydrogen-bond donors (Lipinski definition) is 9. The number of hydrogen-bond acceptors (Lipinski definition) is 20. The number of carbonyl (C=O) groups excluding carboxylic acids is 5. The van der Waals surface area contributed by atoms with Crippen LogP contribution in [0.5, 0.6) is 5.75 Å². The van der Waals surface area contributed by atoms with Crippen LogP contribution in [-0.2, 0) is 101 Å². The molecular weight excluding hydrogens is 1580 g/mol. The van der Waals surface area contributed by atoms with E-state index in [0.29, 0.717) is 83.0 Å². The molecule has 6 heterocycles. The lowest BCUT2D eigenvalue weighted by Crippen LogP contribution is -2.47. The Balaban J connectivity index is 0.000000140. The number of aliphatic hydroxyl groups excluding tert-OH is 1. The highest BCUT2D eigenvalue weighted by Crippen LogP contribution is 2.40. The van der Waals surface area contributed by atoms with E-state index in [1.54, 1.807) is 11.3 Å². The van der Waals surface area contributed by atoms with Gasteiger partial charge in [-0.25, -0.2) is 39.5 Å². The maximum atomic E-state index is 11.8. The van der Waals surface area contributed by atoms with Crippen LogP contribution in [0.2, 0.25) is 0 Å². The maximum absolute atomic E-state index is 11.8. The molecule has 0 bridgehead atoms. The maximum Gasteiger partial charge on any atom is 0.569 e. The topological polar surface area (TPSA) is 380 Å². The molecule has 24 nitrogen and oxygen atoms in total. The second-order valence-electron chi connectivity index (χ2n) is 25.9. The molecule has 6 amide bonds. The van der Waals surface area contributed by atoms with Crippen LogP contribution in [0, 0.1) is 10.2 Å². The van der Waals surface area contributed by atoms with Crippen molar-refractivity contribution in [3.63, 3.8) is 0 Å². The second kappa shape index (κ2) is 33.9. The Morgan fingerprint density at radius 1 is 0.515 bits per heavy atom. The zero-order valence-corrected chi connectivity index (χ0v) is 60.6. The average molecular weight is 1650 g/mol. The molecule has 103 heavy (non-hydrogen) atoms. The number of nitriles is 1. The number of ketones is 1. The summed E-state index contributed by atoms with van der Waals surface area (Å²) < 4.78 is 18.3. The Morgan fingerprint density at radius 3 is 1.29 bits per heavy atom. The van der Waals surface area contributed by atoms with Gasteiger partial charge < -0.3 is 52.1 Å². The highest BCUT2D eigenvalue weighted by Gasteiger charge is 2.51. The number of Topliss-reactive ketones (excluding diaryl/α,β-unsaturated/α-hetero) is 1. The van der Waals surface area contributed by atoms with Gasteiger partial charge in [0.15, 0.2) is 0 Å². The van der Waals surface area contributed by atoms with E-state index in [4.69, 9.17) is 42.1 Å². The molecule has 6 aliphatic carbocycles. The molecule has 6 aromatic carbocycles. The first-order valence-corrected chi connectivity index (χ1v) is 35.1. The van der Waals surface area contributed by atoms with Gasteiger partial charge in [0.25, 0.3) is 23.9 Å². The standard InChI is InChI=1S/C15H14N4O.C11H9BrN2O2.C11H11BrN2O.C11H10N2O2.C10H12BrNO.C9H8O.C4H4BN2O2.CBrN.2CH4/c16-14-19-15(8-20-14)4-11-2-1-10(3-12(11)5-15)13-6-17-9-18-7-13;12-8-2-1-6-4-11(5-7(6)3-8)9(15)13-10(16)14-11;12-9-2-1-7-4-11(5-8(7)3-9)6-15-10(13)14-11;14-9-11(13-10(15)12-9)5-7-3-1-2-4-8(7)6-11;11-9-2-1-7-4-10(12,6-13)5-8(7)3-9;10-9-5-7-3-1-2-4-8(7)6-9;8-5-9-4-1-6-3-7-2-4;2-1-3;;/h1-3,6-7,9H,4-5,8H2,(H2,16,19);1-3H,4-5H2,(H2,13,14,15,16);1-3H,4-6H2,(H2,13,14);1-4H,5-6H2,(H2,12,13,14,15);1-3,13H,4-6,12H2;1-4H,5-6H2;1-3,8H;;2*1H4. The third-order valence-corrected chi connectivity index (χ3v) is 20.0. The van der Waals surface area contributed by atoms with Crippen molar-refractivity contribution >= 4 is 113 Å². The molecule has 4 unspecified atom stereocenters. The number of imide groups is 2. The van der Waals surface area contributed by atoms with Crippen molar-refractivity contribution in [2.75, 3.05) is 19.8 Å². The van der Waals surface area contributed by atoms with Crippen molar-refractivity contribution in [2.24, 2.45) is 27.2 Å². The molecule has 29 heteroatoms. The Hall–Kier alpha value is -9.28. The first-order chi connectivity index (χ1) is 48.5. The van der Waals surface area contributed by atoms with Crippen LogP contribution in [0.4, 0.5) is 9.59 Å². The van der Waals surface area contributed by atoms with Crippen LogP contribution in [0.15, 0.2) is 182 Å². The van der Waals surface area contributed by atoms with Gasteiger partial charge in [0.05, 0.1) is 19.0 Å². The number of halogens is 4. The molecule has 18 rings (SSSR count). The summed E-state index contributed by atoms with van der Waals surface area (Å²) in [7, 11) is 0.582. The lowest BCUT2D eigenvalue weighted by molar-refractivity contribution is -0.124. The van der Waals surface area contributed by atoms with E-state index >= 15 is 0 Å². The number of nitrogens with zero attached hydrogens (tertiary/aromatic N) is 7. The van der Waals surface area contributed by atoms with Crippen LogP contribution in [0.1, 0.15) is 81.6 Å². The number of nitrogens with two attached hydrogens (primary N) is 3. The fraction of sp³-hybridized carbons (Fsp3) is 0.297. The summed E-state index contributed by atoms with van der Waals surface area (Å²) in [6.45, 7) is 1.25. The van der Waals surface area contributed by atoms with Crippen molar-refractivity contribution in [1.29, 1.82) is 5.26 Å². The normalized spacial score (nSPS) is 21.5. The minimum atomic E-state index is -0.750. The zero-order chi connectivity index (χ0) is 71.5. The highest BCUT2D eigenvalue weighted by atomic mass is 79.9. The smallest absolute Gasteiger partial charge is 0.535 e. The first kappa shape index (κ1) is 77.9. The second-order valence-corrected chi connectivity index (χ2v) is 29.0. The number of nitrogens with one attached hydrogen (secondary N) is 4. The molecule has 4 aliphatic heterocycles. The van der Waals surface area contributed by atoms with Crippen molar-refractivity contribution < 1.29 is 48.2 Å². The largest absolute Gasteiger partial charge is 0.569 e. The molecule has 2 aromatic heterocycles. The number of rotatable bonds is 4. The number of fused-ring (bicyclic) bond motifs is 6. The molecule has 2 saturated heterocycles. The van der Waals surface area contributed by atoms with Crippen molar-refractivity contribution in [1.82, 2.24) is 41.2 Å². The van der Waals surface area contributed by atoms with Gasteiger partial charge in [-0.05, 0) is 122 Å². The molecule has 2 fully saturated rings. The molecular formula is C74H76BBr4N14O10. The average Bonchev–Trinajstić information content (AvgIpc) is 1.63. The van der Waals surface area contributed by atoms with E-state index in [-0.39, 0.29) is 50.4 Å². The predicted octanol–water partition coefficient (Wildman–Crippen LogP) is 8.55. The number of amidine groups is 2. The summed E-state index contributed by atoms with van der Waals surface area (Å²) in [5.74, 6) is 0.342. The summed E-state index contributed by atoms with van der Waals surface area (Å²) >= 11 is 12.8. The summed E-state index contributed by atoms with van der Waals surface area (Å²) in [5, 5.41) is 34.5. The van der Waals surface area contributed by atoms with Gasteiger partial charge >= 0.3 is 19.7 Å². The van der Waals surface area contributed by atoms with Crippen LogP contribution < -0.4 is 43.1 Å². The molecule has 12 N–H and O–H groups in total. The number of benzene rings is 6. The van der Waals surface area contributed by atoms with E-state index in [1.807, 2.05) is 85.2 Å². The summed E-state index contributed by atoms with van der Waals surface area (Å²) in [4.78, 5) is 82.5. The molecule has 4 spiro atoms. The van der Waals surface area contributed by atoms with E-state index in [9.17, 15) is 24.0 Å². The third kappa shape index (κ3) is 18.9. The Morgan fingerprint density at radius 2 is 0.874 bits per heavy atom. The quantitative estimate of drug-likeness (QED) is 0.0588. The summed E-state index contributed by atoms with van der Waals surface area (Å²) in [6, 6.07) is 40.8. The fourth-order valence-electron chi connectivity index (χ4n) is 13.9. The Bertz CT molecular complexity index is 4530. The minimum absolute atomic E-state index is 0. The lowest BCUT2D eigenvalue weighted by atomic mass is 9.96. The van der Waals surface area contributed by atoms with Gasteiger partial charge in [0.2, 0.25) is 0 Å². The number of urea groups is 2. The number of aromatic nitrogens is 4. The summed E-state index contributed by atoms with van der Waals surface area (Å²) in [5.41, 5.74) is 32.0. The summed E-state index contributed by atoms with van der Waals surface area (Å²) in [6.07, 6.45) is 18.3. The number of ether oxygens (including phenoxy) is 2. The van der Waals surface area contributed by atoms with Gasteiger partial charge in [-0.3, -0.25) is 25.0 Å². The number of carbonyl (C=O) groups is 5. The highest BCUT2D eigenvalue weighted by molar-refractivity contribution is 9.12. The van der Waals surface area contributed by atoms with E-state index < -0.39 is 22.6 Å². The molecule has 8 aromatic rings. The van der Waals surface area contributed by atoms with Crippen LogP contribution in [0.3, 0.4) is 0 Å². The number of aliphatic imine (C=N–C) groups is 2. The number of aliphatic hydroxyl groups is 1. The Labute approximate surface area is 630 Å². The van der Waals surface area contributed by atoms with E-state index in [1.165, 1.54) is 63.2 Å². The van der Waals surface area contributed by atoms with Crippen LogP contribution >= 0.6 is 63.7 Å². The van der Waals surface area contributed by atoms with Gasteiger partial charge in [0, 0.05) is 117 Å². The third-order valence-electron chi connectivity index (χ3n) is 18.5. The van der Waals surface area contributed by atoms with Crippen molar-refractivity contribution in [3.05, 3.63) is 239 Å². The zero-order valence-electron chi connectivity index (χ0n) is 54.2. The molecule has 4 atom stereocenters. The molecule has 0 saturated carbocycles. The van der Waals surface area contributed by atoms with Crippen molar-refractivity contribution in [3.8, 4) is 21.9 Å². The Kier molecular flexibility index (Phi) is 25.6.